The largest absolute Gasteiger partial charge is 0.497 e. The second-order valence-electron chi connectivity index (χ2n) is 5.72. The van der Waals surface area contributed by atoms with Crippen molar-refractivity contribution in [2.45, 2.75) is 32.1 Å². The van der Waals surface area contributed by atoms with E-state index in [4.69, 9.17) is 4.74 Å². The van der Waals surface area contributed by atoms with Crippen molar-refractivity contribution in [3.63, 3.8) is 0 Å². The number of rotatable bonds is 4. The lowest BCUT2D eigenvalue weighted by molar-refractivity contribution is -0.132. The summed E-state index contributed by atoms with van der Waals surface area (Å²) < 4.78 is 5.19. The second kappa shape index (κ2) is 7.82. The maximum absolute atomic E-state index is 12.2. The Labute approximate surface area is 131 Å². The number of carbonyl (C=O) groups is 2. The minimum absolute atomic E-state index is 0.00406. The van der Waals surface area contributed by atoms with Gasteiger partial charge in [0.05, 0.1) is 13.7 Å². The Morgan fingerprint density at radius 1 is 1.27 bits per heavy atom. The van der Waals surface area contributed by atoms with Gasteiger partial charge in [-0.2, -0.15) is 0 Å². The standard InChI is InChI=1S/C17H24N2O3/c1-13(20)18-11-17(21)19-10-4-3-5-15(12-19)14-6-8-16(22-2)9-7-14/h6-9,15H,3-5,10-12H2,1-2H3,(H,18,20). The third kappa shape index (κ3) is 4.48. The zero-order chi connectivity index (χ0) is 15.9. The molecule has 0 spiro atoms. The molecule has 0 radical (unpaired) electrons. The molecule has 5 heteroatoms. The third-order valence-electron chi connectivity index (χ3n) is 4.10. The molecule has 0 aromatic heterocycles. The zero-order valence-corrected chi connectivity index (χ0v) is 13.3. The Morgan fingerprint density at radius 2 is 2.00 bits per heavy atom. The van der Waals surface area contributed by atoms with Gasteiger partial charge < -0.3 is 15.0 Å². The average molecular weight is 304 g/mol. The third-order valence-corrected chi connectivity index (χ3v) is 4.10. The van der Waals surface area contributed by atoms with Crippen molar-refractivity contribution in [1.82, 2.24) is 10.2 Å². The number of amides is 2. The number of ether oxygens (including phenoxy) is 1. The number of hydrogen-bond donors (Lipinski definition) is 1. The fourth-order valence-electron chi connectivity index (χ4n) is 2.83. The van der Waals surface area contributed by atoms with Crippen LogP contribution >= 0.6 is 0 Å². The van der Waals surface area contributed by atoms with Crippen LogP contribution in [0.2, 0.25) is 0 Å². The minimum Gasteiger partial charge on any atom is -0.497 e. The van der Waals surface area contributed by atoms with Gasteiger partial charge in [0.1, 0.15) is 5.75 Å². The van der Waals surface area contributed by atoms with Crippen molar-refractivity contribution < 1.29 is 14.3 Å². The number of nitrogens with zero attached hydrogens (tertiary/aromatic N) is 1. The van der Waals surface area contributed by atoms with Crippen LogP contribution in [0.1, 0.15) is 37.7 Å². The van der Waals surface area contributed by atoms with Crippen LogP contribution in [0.25, 0.3) is 0 Å². The van der Waals surface area contributed by atoms with Gasteiger partial charge in [-0.25, -0.2) is 0 Å². The van der Waals surface area contributed by atoms with E-state index in [1.54, 1.807) is 7.11 Å². The normalized spacial score (nSPS) is 18.5. The van der Waals surface area contributed by atoms with Crippen molar-refractivity contribution >= 4 is 11.8 Å². The molecule has 0 bridgehead atoms. The van der Waals surface area contributed by atoms with Crippen LogP contribution in [0, 0.1) is 0 Å². The van der Waals surface area contributed by atoms with Crippen molar-refractivity contribution in [3.05, 3.63) is 29.8 Å². The highest BCUT2D eigenvalue weighted by Crippen LogP contribution is 2.27. The predicted molar refractivity (Wildman–Crippen MR) is 84.8 cm³/mol. The second-order valence-corrected chi connectivity index (χ2v) is 5.72. The molecule has 1 atom stereocenters. The van der Waals surface area contributed by atoms with E-state index in [-0.39, 0.29) is 18.4 Å². The van der Waals surface area contributed by atoms with E-state index in [2.05, 4.69) is 17.4 Å². The van der Waals surface area contributed by atoms with Gasteiger partial charge in [0.25, 0.3) is 0 Å². The summed E-state index contributed by atoms with van der Waals surface area (Å²) in [5, 5.41) is 2.59. The van der Waals surface area contributed by atoms with E-state index in [9.17, 15) is 9.59 Å². The lowest BCUT2D eigenvalue weighted by Crippen LogP contribution is -2.41. The summed E-state index contributed by atoms with van der Waals surface area (Å²) in [6.07, 6.45) is 3.20. The molecule has 1 aromatic carbocycles. The molecule has 1 heterocycles. The van der Waals surface area contributed by atoms with Crippen LogP contribution in [0.15, 0.2) is 24.3 Å². The molecule has 2 amide bonds. The lowest BCUT2D eigenvalue weighted by Gasteiger charge is -2.25. The van der Waals surface area contributed by atoms with Gasteiger partial charge in [-0.3, -0.25) is 9.59 Å². The van der Waals surface area contributed by atoms with Gasteiger partial charge in [0.15, 0.2) is 0 Å². The summed E-state index contributed by atoms with van der Waals surface area (Å²) in [5.74, 6) is 1.01. The first kappa shape index (κ1) is 16.3. The summed E-state index contributed by atoms with van der Waals surface area (Å²) in [7, 11) is 1.66. The SMILES string of the molecule is COc1ccc(C2CCCCN(C(=O)CNC(C)=O)C2)cc1. The Balaban J connectivity index is 2.02. The number of carbonyl (C=O) groups excluding carboxylic acids is 2. The Morgan fingerprint density at radius 3 is 2.64 bits per heavy atom. The van der Waals surface area contributed by atoms with E-state index < -0.39 is 0 Å². The highest BCUT2D eigenvalue weighted by atomic mass is 16.5. The van der Waals surface area contributed by atoms with Crippen molar-refractivity contribution in [2.75, 3.05) is 26.7 Å². The van der Waals surface area contributed by atoms with Crippen LogP contribution in [0.5, 0.6) is 5.75 Å². The van der Waals surface area contributed by atoms with Crippen LogP contribution in [0.3, 0.4) is 0 Å². The molecule has 120 valence electrons. The highest BCUT2D eigenvalue weighted by molar-refractivity contribution is 5.83. The van der Waals surface area contributed by atoms with Crippen LogP contribution < -0.4 is 10.1 Å². The first-order valence-electron chi connectivity index (χ1n) is 7.76. The van der Waals surface area contributed by atoms with Crippen LogP contribution in [0.4, 0.5) is 0 Å². The van der Waals surface area contributed by atoms with Crippen molar-refractivity contribution in [1.29, 1.82) is 0 Å². The van der Waals surface area contributed by atoms with Gasteiger partial charge in [-0.1, -0.05) is 18.6 Å². The van der Waals surface area contributed by atoms with Crippen molar-refractivity contribution in [2.24, 2.45) is 0 Å². The number of methoxy groups -OCH3 is 1. The van der Waals surface area contributed by atoms with Gasteiger partial charge in [-0.05, 0) is 30.5 Å². The van der Waals surface area contributed by atoms with Gasteiger partial charge in [-0.15, -0.1) is 0 Å². The monoisotopic (exact) mass is 304 g/mol. The van der Waals surface area contributed by atoms with Crippen LogP contribution in [-0.2, 0) is 9.59 Å². The summed E-state index contributed by atoms with van der Waals surface area (Å²) in [4.78, 5) is 25.0. The maximum atomic E-state index is 12.2. The summed E-state index contributed by atoms with van der Waals surface area (Å²) in [6.45, 7) is 3.00. The molecule has 1 aliphatic heterocycles. The predicted octanol–water partition coefficient (Wildman–Crippen LogP) is 1.93. The van der Waals surface area contributed by atoms with Crippen LogP contribution in [-0.4, -0.2) is 43.5 Å². The fraction of sp³-hybridized carbons (Fsp3) is 0.529. The molecule has 0 aliphatic carbocycles. The molecule has 2 rings (SSSR count). The molecule has 1 aromatic rings. The first-order chi connectivity index (χ1) is 10.6. The zero-order valence-electron chi connectivity index (χ0n) is 13.3. The Kier molecular flexibility index (Phi) is 5.81. The molecular formula is C17H24N2O3. The van der Waals surface area contributed by atoms with E-state index in [1.807, 2.05) is 17.0 Å². The molecule has 22 heavy (non-hydrogen) atoms. The van der Waals surface area contributed by atoms with Gasteiger partial charge in [0, 0.05) is 25.9 Å². The van der Waals surface area contributed by atoms with E-state index in [0.717, 1.165) is 31.6 Å². The molecule has 0 saturated carbocycles. The Hall–Kier alpha value is -2.04. The number of benzene rings is 1. The smallest absolute Gasteiger partial charge is 0.241 e. The molecule has 1 unspecified atom stereocenters. The first-order valence-corrected chi connectivity index (χ1v) is 7.76. The van der Waals surface area contributed by atoms with Gasteiger partial charge in [0.2, 0.25) is 11.8 Å². The fourth-order valence-corrected chi connectivity index (χ4v) is 2.83. The average Bonchev–Trinajstić information content (AvgIpc) is 2.79. The molecular weight excluding hydrogens is 280 g/mol. The quantitative estimate of drug-likeness (QED) is 0.924. The number of nitrogens with one attached hydrogen (secondary N) is 1. The van der Waals surface area contributed by atoms with Gasteiger partial charge >= 0.3 is 0 Å². The molecule has 5 nitrogen and oxygen atoms in total. The molecule has 1 aliphatic rings. The maximum Gasteiger partial charge on any atom is 0.241 e. The molecule has 1 N–H and O–H groups in total. The summed E-state index contributed by atoms with van der Waals surface area (Å²) in [6, 6.07) is 8.07. The Bertz CT molecular complexity index is 513. The number of hydrogen-bond acceptors (Lipinski definition) is 3. The minimum atomic E-state index is -0.171. The van der Waals surface area contributed by atoms with Crippen molar-refractivity contribution in [3.8, 4) is 5.75 Å². The number of likely N-dealkylation sites (tertiary alicyclic amines) is 1. The lowest BCUT2D eigenvalue weighted by atomic mass is 9.94. The van der Waals surface area contributed by atoms with E-state index >= 15 is 0 Å². The van der Waals surface area contributed by atoms with E-state index in [1.165, 1.54) is 12.5 Å². The molecule has 1 saturated heterocycles. The molecule has 1 fully saturated rings. The highest BCUT2D eigenvalue weighted by Gasteiger charge is 2.23. The topological polar surface area (TPSA) is 58.6 Å². The summed E-state index contributed by atoms with van der Waals surface area (Å²) >= 11 is 0. The van der Waals surface area contributed by atoms with E-state index in [0.29, 0.717) is 12.5 Å². The summed E-state index contributed by atoms with van der Waals surface area (Å²) in [5.41, 5.74) is 1.24.